The molecule has 118 valence electrons. The molecule has 0 aliphatic heterocycles. The summed E-state index contributed by atoms with van der Waals surface area (Å²) in [5.41, 5.74) is 2.87. The predicted octanol–water partition coefficient (Wildman–Crippen LogP) is 5.47. The maximum atomic E-state index is 12.2. The van der Waals surface area contributed by atoms with Gasteiger partial charge >= 0.3 is 5.97 Å². The molecule has 0 aliphatic carbocycles. The molecule has 0 saturated carbocycles. The number of fused-ring (bicyclic) bond motifs is 1. The average molecular weight is 373 g/mol. The number of halogens is 1. The molecule has 0 radical (unpaired) electrons. The van der Waals surface area contributed by atoms with Crippen molar-refractivity contribution in [2.45, 2.75) is 26.2 Å². The first-order valence-corrected chi connectivity index (χ1v) is 8.28. The molecule has 23 heavy (non-hydrogen) atoms. The van der Waals surface area contributed by atoms with Gasteiger partial charge in [0.25, 0.3) is 0 Å². The number of benzene rings is 2. The molecule has 0 bridgehead atoms. The minimum absolute atomic E-state index is 0.185. The molecular weight excluding hydrogens is 356 g/mol. The Labute approximate surface area is 143 Å². The minimum Gasteiger partial charge on any atom is -0.464 e. The predicted molar refractivity (Wildman–Crippen MR) is 93.8 cm³/mol. The van der Waals surface area contributed by atoms with Crippen LogP contribution >= 0.6 is 15.9 Å². The highest BCUT2D eigenvalue weighted by Crippen LogP contribution is 2.26. The van der Waals surface area contributed by atoms with Crippen LogP contribution < -0.4 is 4.74 Å². The lowest BCUT2D eigenvalue weighted by Crippen LogP contribution is -2.10. The largest absolute Gasteiger partial charge is 0.464 e. The third kappa shape index (κ3) is 3.64. The average Bonchev–Trinajstić information content (AvgIpc) is 2.92. The molecule has 0 N–H and O–H groups in total. The van der Waals surface area contributed by atoms with Crippen LogP contribution in [0.3, 0.4) is 0 Å². The van der Waals surface area contributed by atoms with Crippen molar-refractivity contribution < 1.29 is 13.9 Å². The normalized spacial score (nSPS) is 11.1. The fourth-order valence-electron chi connectivity index (χ4n) is 2.42. The van der Waals surface area contributed by atoms with Crippen LogP contribution in [0.5, 0.6) is 5.75 Å². The van der Waals surface area contributed by atoms with Gasteiger partial charge in [-0.25, -0.2) is 0 Å². The van der Waals surface area contributed by atoms with Crippen LogP contribution in [0.15, 0.2) is 57.6 Å². The number of hydrogen-bond donors (Lipinski definition) is 0. The Morgan fingerprint density at radius 2 is 1.91 bits per heavy atom. The van der Waals surface area contributed by atoms with E-state index in [9.17, 15) is 4.79 Å². The maximum Gasteiger partial charge on any atom is 0.315 e. The van der Waals surface area contributed by atoms with Gasteiger partial charge in [-0.1, -0.05) is 35.8 Å². The first-order chi connectivity index (χ1) is 11.0. The zero-order valence-electron chi connectivity index (χ0n) is 13.0. The zero-order valence-corrected chi connectivity index (χ0v) is 14.6. The van der Waals surface area contributed by atoms with Gasteiger partial charge in [-0.3, -0.25) is 4.79 Å². The lowest BCUT2D eigenvalue weighted by molar-refractivity contribution is -0.133. The van der Waals surface area contributed by atoms with E-state index >= 15 is 0 Å². The molecule has 0 aliphatic rings. The molecule has 1 heterocycles. The second-order valence-electron chi connectivity index (χ2n) is 5.78. The van der Waals surface area contributed by atoms with Crippen LogP contribution in [0.1, 0.15) is 30.9 Å². The van der Waals surface area contributed by atoms with Crippen molar-refractivity contribution in [3.63, 3.8) is 0 Å². The Hall–Kier alpha value is -2.07. The number of ether oxygens (including phenoxy) is 1. The lowest BCUT2D eigenvalue weighted by atomic mass is 10.00. The molecule has 0 fully saturated rings. The van der Waals surface area contributed by atoms with Crippen LogP contribution in [0.4, 0.5) is 0 Å². The van der Waals surface area contributed by atoms with Crippen LogP contribution in [0, 0.1) is 0 Å². The van der Waals surface area contributed by atoms with E-state index < -0.39 is 0 Å². The van der Waals surface area contributed by atoms with Gasteiger partial charge in [-0.2, -0.15) is 0 Å². The van der Waals surface area contributed by atoms with Gasteiger partial charge in [0.15, 0.2) is 0 Å². The first-order valence-electron chi connectivity index (χ1n) is 7.49. The Kier molecular flexibility index (Phi) is 4.53. The molecule has 3 aromatic rings. The Balaban J connectivity index is 1.79. The van der Waals surface area contributed by atoms with E-state index in [1.165, 1.54) is 5.56 Å². The standard InChI is InChI=1S/C19H17BrO3/c1-12(2)13-3-8-18-17(9-13)14(11-22-18)10-19(21)23-16-6-4-15(20)5-7-16/h3-9,11-12H,10H2,1-2H3. The fraction of sp³-hybridized carbons (Fsp3) is 0.211. The summed E-state index contributed by atoms with van der Waals surface area (Å²) in [5, 5.41) is 0.976. The second kappa shape index (κ2) is 6.59. The molecule has 0 unspecified atom stereocenters. The van der Waals surface area contributed by atoms with Crippen molar-refractivity contribution in [3.8, 4) is 5.75 Å². The molecule has 0 spiro atoms. The van der Waals surface area contributed by atoms with Crippen molar-refractivity contribution in [1.82, 2.24) is 0 Å². The fourth-order valence-corrected chi connectivity index (χ4v) is 2.69. The summed E-state index contributed by atoms with van der Waals surface area (Å²) in [7, 11) is 0. The van der Waals surface area contributed by atoms with Gasteiger partial charge in [0, 0.05) is 15.4 Å². The summed E-state index contributed by atoms with van der Waals surface area (Å²) >= 11 is 3.35. The van der Waals surface area contributed by atoms with Crippen molar-refractivity contribution in [2.75, 3.05) is 0 Å². The van der Waals surface area contributed by atoms with E-state index in [-0.39, 0.29) is 12.4 Å². The molecule has 2 aromatic carbocycles. The molecule has 4 heteroatoms. The monoisotopic (exact) mass is 372 g/mol. The van der Waals surface area contributed by atoms with E-state index in [4.69, 9.17) is 9.15 Å². The number of carbonyl (C=O) groups is 1. The second-order valence-corrected chi connectivity index (χ2v) is 6.69. The number of furan rings is 1. The summed E-state index contributed by atoms with van der Waals surface area (Å²) < 4.78 is 11.8. The smallest absolute Gasteiger partial charge is 0.315 e. The number of carbonyl (C=O) groups excluding carboxylic acids is 1. The van der Waals surface area contributed by atoms with Gasteiger partial charge in [0.05, 0.1) is 12.7 Å². The van der Waals surface area contributed by atoms with E-state index in [1.54, 1.807) is 18.4 Å². The Morgan fingerprint density at radius 1 is 1.17 bits per heavy atom. The van der Waals surface area contributed by atoms with Crippen molar-refractivity contribution in [2.24, 2.45) is 0 Å². The highest BCUT2D eigenvalue weighted by atomic mass is 79.9. The van der Waals surface area contributed by atoms with E-state index in [2.05, 4.69) is 41.9 Å². The summed E-state index contributed by atoms with van der Waals surface area (Å²) in [4.78, 5) is 12.2. The molecule has 0 saturated heterocycles. The van der Waals surface area contributed by atoms with Gasteiger partial charge in [0.2, 0.25) is 0 Å². The Bertz CT molecular complexity index is 831. The number of esters is 1. The van der Waals surface area contributed by atoms with Crippen molar-refractivity contribution in [3.05, 3.63) is 64.3 Å². The van der Waals surface area contributed by atoms with Gasteiger partial charge in [0.1, 0.15) is 11.3 Å². The molecule has 0 atom stereocenters. The van der Waals surface area contributed by atoms with Gasteiger partial charge in [-0.15, -0.1) is 0 Å². The van der Waals surface area contributed by atoms with E-state index in [1.807, 2.05) is 18.2 Å². The summed E-state index contributed by atoms with van der Waals surface area (Å²) in [6.45, 7) is 4.28. The van der Waals surface area contributed by atoms with Crippen LogP contribution in [-0.4, -0.2) is 5.97 Å². The van der Waals surface area contributed by atoms with Crippen molar-refractivity contribution in [1.29, 1.82) is 0 Å². The summed E-state index contributed by atoms with van der Waals surface area (Å²) in [6, 6.07) is 13.3. The number of hydrogen-bond acceptors (Lipinski definition) is 3. The van der Waals surface area contributed by atoms with E-state index in [0.29, 0.717) is 11.7 Å². The van der Waals surface area contributed by atoms with Gasteiger partial charge < -0.3 is 9.15 Å². The van der Waals surface area contributed by atoms with Crippen LogP contribution in [0.25, 0.3) is 11.0 Å². The highest BCUT2D eigenvalue weighted by molar-refractivity contribution is 9.10. The molecule has 0 amide bonds. The van der Waals surface area contributed by atoms with Crippen LogP contribution in [-0.2, 0) is 11.2 Å². The SMILES string of the molecule is CC(C)c1ccc2occ(CC(=O)Oc3ccc(Br)cc3)c2c1. The van der Waals surface area contributed by atoms with Crippen molar-refractivity contribution >= 4 is 32.9 Å². The zero-order chi connectivity index (χ0) is 16.4. The molecule has 1 aromatic heterocycles. The Morgan fingerprint density at radius 3 is 2.61 bits per heavy atom. The topological polar surface area (TPSA) is 39.4 Å². The third-order valence-electron chi connectivity index (χ3n) is 3.72. The lowest BCUT2D eigenvalue weighted by Gasteiger charge is -2.06. The highest BCUT2D eigenvalue weighted by Gasteiger charge is 2.13. The van der Waals surface area contributed by atoms with Gasteiger partial charge in [-0.05, 0) is 47.9 Å². The molecule has 3 rings (SSSR count). The minimum atomic E-state index is -0.301. The van der Waals surface area contributed by atoms with E-state index in [0.717, 1.165) is 21.0 Å². The molecular formula is C19H17BrO3. The molecule has 3 nitrogen and oxygen atoms in total. The summed E-state index contributed by atoms with van der Waals surface area (Å²) in [6.07, 6.45) is 1.82. The summed E-state index contributed by atoms with van der Waals surface area (Å²) in [5.74, 6) is 0.663. The first kappa shape index (κ1) is 15.8. The third-order valence-corrected chi connectivity index (χ3v) is 4.25. The maximum absolute atomic E-state index is 12.2. The van der Waals surface area contributed by atoms with Crippen LogP contribution in [0.2, 0.25) is 0 Å². The quantitative estimate of drug-likeness (QED) is 0.450. The number of rotatable bonds is 4.